The lowest BCUT2D eigenvalue weighted by Crippen LogP contribution is -2.29. The zero-order chi connectivity index (χ0) is 19.5. The first-order valence-electron chi connectivity index (χ1n) is 7.97. The van der Waals surface area contributed by atoms with E-state index in [-0.39, 0.29) is 36.7 Å². The fraction of sp³-hybridized carbons (Fsp3) is 0.562. The molecule has 0 bridgehead atoms. The maximum atomic E-state index is 14.0. The van der Waals surface area contributed by atoms with Crippen LogP contribution in [-0.2, 0) is 10.0 Å². The summed E-state index contributed by atoms with van der Waals surface area (Å²) < 4.78 is 81.0. The molecule has 1 N–H and O–H groups in total. The summed E-state index contributed by atoms with van der Waals surface area (Å²) in [7, 11) is -3.77. The number of rotatable bonds is 5. The van der Waals surface area contributed by atoms with Crippen molar-refractivity contribution in [3.63, 3.8) is 0 Å². The van der Waals surface area contributed by atoms with Crippen LogP contribution in [0, 0.1) is 17.7 Å². The average molecular weight is 397 g/mol. The lowest BCUT2D eigenvalue weighted by atomic mass is 9.82. The van der Waals surface area contributed by atoms with E-state index >= 15 is 0 Å². The summed E-state index contributed by atoms with van der Waals surface area (Å²) in [4.78, 5) is 11.7. The molecule has 1 aliphatic carbocycles. The Balaban J connectivity index is 1.90. The van der Waals surface area contributed by atoms with Gasteiger partial charge < -0.3 is 4.74 Å². The molecule has 0 spiro atoms. The molecule has 1 aliphatic rings. The molecule has 2 rings (SSSR count). The molecule has 0 aromatic heterocycles. The fourth-order valence-corrected chi connectivity index (χ4v) is 3.31. The van der Waals surface area contributed by atoms with Crippen molar-refractivity contribution in [3.8, 4) is 5.75 Å². The van der Waals surface area contributed by atoms with Crippen LogP contribution in [0.25, 0.3) is 0 Å². The number of hydrogen-bond donors (Lipinski definition) is 1. The van der Waals surface area contributed by atoms with Crippen molar-refractivity contribution in [1.29, 1.82) is 0 Å². The van der Waals surface area contributed by atoms with Gasteiger partial charge in [-0.2, -0.15) is 13.2 Å². The Kier molecular flexibility index (Phi) is 6.15. The number of hydrogen-bond acceptors (Lipinski definition) is 4. The number of halogens is 4. The maximum Gasteiger partial charge on any atom is 0.391 e. The Bertz CT molecular complexity index is 756. The Morgan fingerprint density at radius 2 is 1.85 bits per heavy atom. The largest absolute Gasteiger partial charge is 0.490 e. The highest BCUT2D eigenvalue weighted by Gasteiger charge is 2.41. The molecule has 1 aromatic rings. The molecule has 0 unspecified atom stereocenters. The molecule has 10 heteroatoms. The van der Waals surface area contributed by atoms with Crippen LogP contribution < -0.4 is 9.46 Å². The van der Waals surface area contributed by atoms with E-state index in [4.69, 9.17) is 4.74 Å². The number of nitrogens with one attached hydrogen (secondary N) is 1. The minimum absolute atomic E-state index is 0.0324. The molecule has 0 saturated heterocycles. The van der Waals surface area contributed by atoms with Crippen molar-refractivity contribution < 1.29 is 35.5 Å². The van der Waals surface area contributed by atoms with E-state index in [2.05, 4.69) is 0 Å². The third-order valence-corrected chi connectivity index (χ3v) is 4.81. The van der Waals surface area contributed by atoms with E-state index in [9.17, 15) is 30.8 Å². The van der Waals surface area contributed by atoms with Gasteiger partial charge in [0.25, 0.3) is 5.91 Å². The number of carbonyl (C=O) groups is 1. The number of benzene rings is 1. The molecule has 1 fully saturated rings. The monoisotopic (exact) mass is 397 g/mol. The van der Waals surface area contributed by atoms with Crippen LogP contribution in [-0.4, -0.2) is 33.4 Å². The highest BCUT2D eigenvalue weighted by Crippen LogP contribution is 2.39. The number of alkyl halides is 3. The summed E-state index contributed by atoms with van der Waals surface area (Å²) in [6.45, 7) is 0.0797. The van der Waals surface area contributed by atoms with Crippen molar-refractivity contribution in [1.82, 2.24) is 4.72 Å². The van der Waals surface area contributed by atoms with Gasteiger partial charge in [0.2, 0.25) is 10.0 Å². The third-order valence-electron chi connectivity index (χ3n) is 4.26. The first kappa shape index (κ1) is 20.5. The molecule has 1 aromatic carbocycles. The average Bonchev–Trinajstić information content (AvgIpc) is 2.51. The Morgan fingerprint density at radius 3 is 2.35 bits per heavy atom. The lowest BCUT2D eigenvalue weighted by Gasteiger charge is -2.29. The summed E-state index contributed by atoms with van der Waals surface area (Å²) in [5, 5.41) is 0. The number of ether oxygens (including phenoxy) is 1. The normalized spacial score (nSPS) is 21.3. The van der Waals surface area contributed by atoms with Crippen LogP contribution in [0.3, 0.4) is 0 Å². The second kappa shape index (κ2) is 7.81. The molecular weight excluding hydrogens is 378 g/mol. The fourth-order valence-electron chi connectivity index (χ4n) is 2.85. The third kappa shape index (κ3) is 5.86. The topological polar surface area (TPSA) is 72.5 Å². The van der Waals surface area contributed by atoms with Crippen LogP contribution in [0.5, 0.6) is 5.75 Å². The van der Waals surface area contributed by atoms with E-state index in [0.29, 0.717) is 12.8 Å². The van der Waals surface area contributed by atoms with Crippen LogP contribution in [0.2, 0.25) is 0 Å². The molecule has 1 amide bonds. The van der Waals surface area contributed by atoms with Gasteiger partial charge in [0.05, 0.1) is 18.8 Å². The van der Waals surface area contributed by atoms with Gasteiger partial charge in [0.1, 0.15) is 0 Å². The molecule has 0 radical (unpaired) electrons. The van der Waals surface area contributed by atoms with E-state index in [1.807, 2.05) is 0 Å². The molecule has 0 aliphatic heterocycles. The molecular formula is C16H19F4NO4S. The van der Waals surface area contributed by atoms with Crippen LogP contribution in [0.1, 0.15) is 36.0 Å². The van der Waals surface area contributed by atoms with Gasteiger partial charge in [0, 0.05) is 5.56 Å². The quantitative estimate of drug-likeness (QED) is 0.774. The number of sulfonamides is 1. The predicted octanol–water partition coefficient (Wildman–Crippen LogP) is 3.26. The van der Waals surface area contributed by atoms with E-state index < -0.39 is 33.8 Å². The Morgan fingerprint density at radius 1 is 1.23 bits per heavy atom. The zero-order valence-electron chi connectivity index (χ0n) is 14.0. The van der Waals surface area contributed by atoms with Crippen LogP contribution in [0.15, 0.2) is 18.2 Å². The zero-order valence-corrected chi connectivity index (χ0v) is 14.8. The highest BCUT2D eigenvalue weighted by atomic mass is 32.2. The Hall–Kier alpha value is -1.84. The molecule has 0 atom stereocenters. The van der Waals surface area contributed by atoms with Gasteiger partial charge in [-0.1, -0.05) is 0 Å². The van der Waals surface area contributed by atoms with E-state index in [0.717, 1.165) is 12.3 Å². The van der Waals surface area contributed by atoms with Crippen molar-refractivity contribution >= 4 is 15.9 Å². The highest BCUT2D eigenvalue weighted by molar-refractivity contribution is 7.89. The number of carbonyl (C=O) groups excluding carboxylic acids is 1. The summed E-state index contributed by atoms with van der Waals surface area (Å²) in [6, 6.07) is 3.24. The number of amides is 1. The molecule has 5 nitrogen and oxygen atoms in total. The van der Waals surface area contributed by atoms with E-state index in [1.54, 1.807) is 4.72 Å². The molecule has 26 heavy (non-hydrogen) atoms. The molecule has 146 valence electrons. The van der Waals surface area contributed by atoms with Crippen molar-refractivity contribution in [3.05, 3.63) is 29.6 Å². The van der Waals surface area contributed by atoms with Crippen LogP contribution in [0.4, 0.5) is 17.6 Å². The first-order valence-corrected chi connectivity index (χ1v) is 9.86. The van der Waals surface area contributed by atoms with Gasteiger partial charge in [0.15, 0.2) is 11.6 Å². The van der Waals surface area contributed by atoms with Gasteiger partial charge in [-0.3, -0.25) is 4.79 Å². The maximum absolute atomic E-state index is 14.0. The van der Waals surface area contributed by atoms with E-state index in [1.165, 1.54) is 12.1 Å². The van der Waals surface area contributed by atoms with Crippen molar-refractivity contribution in [2.45, 2.75) is 31.9 Å². The second-order valence-corrected chi connectivity index (χ2v) is 8.17. The smallest absolute Gasteiger partial charge is 0.391 e. The standard InChI is InChI=1S/C16H19F4NO4S/c1-26(23,24)21-15(22)11-4-7-14(13(17)8-11)25-9-10-2-5-12(6-3-10)16(18,19)20/h4,7-8,10,12H,2-3,5-6,9H2,1H3,(H,21,22). The van der Waals surface area contributed by atoms with Gasteiger partial charge >= 0.3 is 6.18 Å². The summed E-state index contributed by atoms with van der Waals surface area (Å²) in [5.41, 5.74) is -0.189. The second-order valence-electron chi connectivity index (χ2n) is 6.42. The minimum Gasteiger partial charge on any atom is -0.490 e. The SMILES string of the molecule is CS(=O)(=O)NC(=O)c1ccc(OCC2CCC(C(F)(F)F)CC2)c(F)c1. The summed E-state index contributed by atoms with van der Waals surface area (Å²) in [5.74, 6) is -3.35. The molecule has 1 saturated carbocycles. The molecule has 0 heterocycles. The lowest BCUT2D eigenvalue weighted by molar-refractivity contribution is -0.184. The van der Waals surface area contributed by atoms with Gasteiger partial charge in [-0.15, -0.1) is 0 Å². The van der Waals surface area contributed by atoms with Crippen molar-refractivity contribution in [2.24, 2.45) is 11.8 Å². The summed E-state index contributed by atoms with van der Waals surface area (Å²) in [6.07, 6.45) is -2.62. The van der Waals surface area contributed by atoms with Gasteiger partial charge in [-0.25, -0.2) is 17.5 Å². The Labute approximate surface area is 148 Å². The predicted molar refractivity (Wildman–Crippen MR) is 85.7 cm³/mol. The summed E-state index contributed by atoms with van der Waals surface area (Å²) >= 11 is 0. The first-order chi connectivity index (χ1) is 12.0. The van der Waals surface area contributed by atoms with Crippen LogP contribution >= 0.6 is 0 Å². The minimum atomic E-state index is -4.18. The van der Waals surface area contributed by atoms with Crippen molar-refractivity contribution in [2.75, 3.05) is 12.9 Å². The van der Waals surface area contributed by atoms with Gasteiger partial charge in [-0.05, 0) is 49.8 Å².